The highest BCUT2D eigenvalue weighted by atomic mass is 127. The van der Waals surface area contributed by atoms with Crippen LogP contribution in [0.1, 0.15) is 17.7 Å². The Morgan fingerprint density at radius 3 is 3.27 bits per heavy atom. The Labute approximate surface area is 79.1 Å². The maximum atomic E-state index is 4.16. The fraction of sp³-hybridized carbons (Fsp3) is 0.571. The molecule has 1 aliphatic heterocycles. The highest BCUT2D eigenvalue weighted by Crippen LogP contribution is 2.16. The molecule has 0 saturated carbocycles. The van der Waals surface area contributed by atoms with Crippen LogP contribution in [-0.4, -0.2) is 16.7 Å². The summed E-state index contributed by atoms with van der Waals surface area (Å²) < 4.78 is 1.12. The number of halogens is 1. The van der Waals surface area contributed by atoms with Crippen LogP contribution in [0.3, 0.4) is 0 Å². The molecule has 0 unspecified atom stereocenters. The molecular weight excluding hydrogens is 253 g/mol. The Morgan fingerprint density at radius 2 is 2.36 bits per heavy atom. The second-order valence-corrected chi connectivity index (χ2v) is 3.77. The van der Waals surface area contributed by atoms with E-state index >= 15 is 0 Å². The van der Waals surface area contributed by atoms with E-state index in [0.29, 0.717) is 0 Å². The predicted molar refractivity (Wildman–Crippen MR) is 51.3 cm³/mol. The van der Waals surface area contributed by atoms with Gasteiger partial charge in [0.1, 0.15) is 3.70 Å². The Morgan fingerprint density at radius 1 is 1.45 bits per heavy atom. The number of hydrogen-bond donors (Lipinski definition) is 2. The third kappa shape index (κ3) is 1.41. The number of aryl methyl sites for hydroxylation is 1. The van der Waals surface area contributed by atoms with Crippen LogP contribution in [-0.2, 0) is 13.0 Å². The molecule has 0 radical (unpaired) electrons. The first-order valence-electron chi connectivity index (χ1n) is 3.80. The maximum Gasteiger partial charge on any atom is 0.127 e. The van der Waals surface area contributed by atoms with Crippen LogP contribution in [0.15, 0.2) is 0 Å². The molecule has 0 atom stereocenters. The van der Waals surface area contributed by atoms with Crippen molar-refractivity contribution >= 4 is 22.6 Å². The predicted octanol–water partition coefficient (Wildman–Crippen LogP) is 1.05. The number of fused-ring (bicyclic) bond motifs is 1. The molecule has 1 aromatic heterocycles. The van der Waals surface area contributed by atoms with Crippen LogP contribution in [0.25, 0.3) is 0 Å². The first-order chi connectivity index (χ1) is 5.38. The van der Waals surface area contributed by atoms with Crippen molar-refractivity contribution in [2.75, 3.05) is 6.54 Å². The summed E-state index contributed by atoms with van der Waals surface area (Å²) >= 11 is 2.27. The van der Waals surface area contributed by atoms with E-state index in [1.54, 1.807) is 0 Å². The lowest BCUT2D eigenvalue weighted by Crippen LogP contribution is -2.12. The minimum atomic E-state index is 0.976. The monoisotopic (exact) mass is 263 g/mol. The maximum absolute atomic E-state index is 4.16. The minimum absolute atomic E-state index is 0.976. The summed E-state index contributed by atoms with van der Waals surface area (Å²) in [6, 6.07) is 0. The number of nitrogens with zero attached hydrogens (tertiary/aromatic N) is 1. The van der Waals surface area contributed by atoms with Gasteiger partial charge in [0.25, 0.3) is 0 Å². The standard InChI is InChI=1S/C7H10IN3/c8-7-5-4-9-3-1-2-6(5)10-11-7/h9H,1-4H2,(H,10,11). The van der Waals surface area contributed by atoms with Crippen molar-refractivity contribution in [3.8, 4) is 0 Å². The van der Waals surface area contributed by atoms with Gasteiger partial charge in [0.2, 0.25) is 0 Å². The van der Waals surface area contributed by atoms with Gasteiger partial charge in [-0.25, -0.2) is 0 Å². The van der Waals surface area contributed by atoms with Crippen LogP contribution >= 0.6 is 22.6 Å². The van der Waals surface area contributed by atoms with Crippen molar-refractivity contribution in [3.63, 3.8) is 0 Å². The molecule has 1 aromatic rings. The molecule has 0 bridgehead atoms. The van der Waals surface area contributed by atoms with Gasteiger partial charge >= 0.3 is 0 Å². The van der Waals surface area contributed by atoms with Crippen LogP contribution in [0.4, 0.5) is 0 Å². The zero-order chi connectivity index (χ0) is 7.68. The third-order valence-corrected chi connectivity index (χ3v) is 2.88. The fourth-order valence-corrected chi connectivity index (χ4v) is 2.00. The summed E-state index contributed by atoms with van der Waals surface area (Å²) in [4.78, 5) is 0. The summed E-state index contributed by atoms with van der Waals surface area (Å²) in [6.45, 7) is 2.10. The van der Waals surface area contributed by atoms with E-state index < -0.39 is 0 Å². The molecule has 0 fully saturated rings. The highest BCUT2D eigenvalue weighted by molar-refractivity contribution is 14.1. The van der Waals surface area contributed by atoms with Gasteiger partial charge in [-0.3, -0.25) is 5.10 Å². The molecule has 0 aromatic carbocycles. The minimum Gasteiger partial charge on any atom is -0.312 e. The average molecular weight is 263 g/mol. The highest BCUT2D eigenvalue weighted by Gasteiger charge is 2.12. The van der Waals surface area contributed by atoms with Crippen molar-refractivity contribution in [2.45, 2.75) is 19.4 Å². The lowest BCUT2D eigenvalue weighted by Gasteiger charge is -1.96. The molecule has 2 rings (SSSR count). The van der Waals surface area contributed by atoms with Crippen LogP contribution in [0, 0.1) is 3.70 Å². The van der Waals surface area contributed by atoms with Crippen molar-refractivity contribution < 1.29 is 0 Å². The first-order valence-corrected chi connectivity index (χ1v) is 4.88. The summed E-state index contributed by atoms with van der Waals surface area (Å²) in [5.41, 5.74) is 2.68. The molecule has 2 heterocycles. The van der Waals surface area contributed by atoms with Crippen molar-refractivity contribution in [3.05, 3.63) is 15.0 Å². The van der Waals surface area contributed by atoms with Gasteiger partial charge in [0.05, 0.1) is 0 Å². The fourth-order valence-electron chi connectivity index (χ4n) is 1.37. The second kappa shape index (κ2) is 3.10. The lowest BCUT2D eigenvalue weighted by atomic mass is 10.2. The smallest absolute Gasteiger partial charge is 0.127 e. The largest absolute Gasteiger partial charge is 0.312 e. The normalized spacial score (nSPS) is 17.5. The van der Waals surface area contributed by atoms with Crippen LogP contribution in [0.5, 0.6) is 0 Å². The topological polar surface area (TPSA) is 40.7 Å². The van der Waals surface area contributed by atoms with E-state index in [1.165, 1.54) is 17.7 Å². The van der Waals surface area contributed by atoms with Crippen LogP contribution < -0.4 is 5.32 Å². The zero-order valence-corrected chi connectivity index (χ0v) is 8.31. The number of H-pyrrole nitrogens is 1. The molecule has 11 heavy (non-hydrogen) atoms. The average Bonchev–Trinajstić information content (AvgIpc) is 2.25. The summed E-state index contributed by atoms with van der Waals surface area (Å²) in [7, 11) is 0. The summed E-state index contributed by atoms with van der Waals surface area (Å²) in [6.07, 6.45) is 2.35. The quantitative estimate of drug-likeness (QED) is 0.687. The van der Waals surface area contributed by atoms with E-state index in [1.807, 2.05) is 0 Å². The SMILES string of the molecule is Ic1n[nH]c2c1CNCCC2. The molecular formula is C7H10IN3. The Balaban J connectivity index is 2.35. The number of nitrogens with one attached hydrogen (secondary N) is 2. The molecule has 0 spiro atoms. The Hall–Kier alpha value is -0.100. The van der Waals surface area contributed by atoms with E-state index in [0.717, 1.165) is 23.2 Å². The molecule has 60 valence electrons. The number of aromatic nitrogens is 2. The first kappa shape index (κ1) is 7.54. The molecule has 4 heteroatoms. The van der Waals surface area contributed by atoms with E-state index in [2.05, 4.69) is 38.1 Å². The van der Waals surface area contributed by atoms with E-state index in [9.17, 15) is 0 Å². The number of aromatic amines is 1. The van der Waals surface area contributed by atoms with Gasteiger partial charge in [-0.1, -0.05) is 0 Å². The second-order valence-electron chi connectivity index (χ2n) is 2.75. The van der Waals surface area contributed by atoms with Gasteiger partial charge in [-0.2, -0.15) is 5.10 Å². The Bertz CT molecular complexity index is 256. The number of rotatable bonds is 0. The van der Waals surface area contributed by atoms with Gasteiger partial charge < -0.3 is 5.32 Å². The van der Waals surface area contributed by atoms with E-state index in [-0.39, 0.29) is 0 Å². The summed E-state index contributed by atoms with van der Waals surface area (Å²) in [5, 5.41) is 10.6. The summed E-state index contributed by atoms with van der Waals surface area (Å²) in [5.74, 6) is 0. The molecule has 3 nitrogen and oxygen atoms in total. The van der Waals surface area contributed by atoms with Gasteiger partial charge in [-0.15, -0.1) is 0 Å². The molecule has 0 saturated heterocycles. The van der Waals surface area contributed by atoms with Gasteiger partial charge in [-0.05, 0) is 42.0 Å². The van der Waals surface area contributed by atoms with Crippen molar-refractivity contribution in [2.24, 2.45) is 0 Å². The molecule has 0 amide bonds. The third-order valence-electron chi connectivity index (χ3n) is 1.98. The van der Waals surface area contributed by atoms with Gasteiger partial charge in [0.15, 0.2) is 0 Å². The lowest BCUT2D eigenvalue weighted by molar-refractivity contribution is 0.674. The van der Waals surface area contributed by atoms with Gasteiger partial charge in [0, 0.05) is 17.8 Å². The molecule has 2 N–H and O–H groups in total. The molecule has 1 aliphatic rings. The Kier molecular flexibility index (Phi) is 2.13. The van der Waals surface area contributed by atoms with E-state index in [4.69, 9.17) is 0 Å². The van der Waals surface area contributed by atoms with Crippen molar-refractivity contribution in [1.29, 1.82) is 0 Å². The van der Waals surface area contributed by atoms with Crippen molar-refractivity contribution in [1.82, 2.24) is 15.5 Å². The number of hydrogen-bond acceptors (Lipinski definition) is 2. The molecule has 0 aliphatic carbocycles. The van der Waals surface area contributed by atoms with Crippen LogP contribution in [0.2, 0.25) is 0 Å². The zero-order valence-electron chi connectivity index (χ0n) is 6.15.